The number of ether oxygens (including phenoxy) is 1. The van der Waals surface area contributed by atoms with E-state index in [9.17, 15) is 18.4 Å². The number of halogens is 2. The molecule has 2 N–H and O–H groups in total. The highest BCUT2D eigenvalue weighted by molar-refractivity contribution is 5.97. The van der Waals surface area contributed by atoms with Crippen LogP contribution in [-0.2, 0) is 16.2 Å². The minimum Gasteiger partial charge on any atom is -0.478 e. The van der Waals surface area contributed by atoms with Gasteiger partial charge in [0.15, 0.2) is 6.10 Å². The predicted molar refractivity (Wildman–Crippen MR) is 112 cm³/mol. The zero-order valence-corrected chi connectivity index (χ0v) is 17.6. The van der Waals surface area contributed by atoms with Crippen molar-refractivity contribution in [2.75, 3.05) is 25.5 Å². The molecular weight excluding hydrogens is 422 g/mol. The topological polar surface area (TPSA) is 92.8 Å². The molecule has 2 aliphatic heterocycles. The second-order valence-electron chi connectivity index (χ2n) is 7.38. The molecular formula is C22H22F2N4O4. The molecule has 32 heavy (non-hydrogen) atoms. The first-order valence-corrected chi connectivity index (χ1v) is 10.2. The molecule has 0 bridgehead atoms. The van der Waals surface area contributed by atoms with Gasteiger partial charge in [-0.05, 0) is 30.2 Å². The first kappa shape index (κ1) is 21.8. The van der Waals surface area contributed by atoms with Crippen LogP contribution < -0.4 is 15.4 Å². The van der Waals surface area contributed by atoms with Gasteiger partial charge in [-0.1, -0.05) is 13.0 Å². The number of pyridine rings is 1. The maximum absolute atomic E-state index is 14.6. The van der Waals surface area contributed by atoms with E-state index < -0.39 is 23.8 Å². The zero-order valence-electron chi connectivity index (χ0n) is 17.6. The molecule has 2 amide bonds. The third-order valence-electron chi connectivity index (χ3n) is 5.28. The number of benzene rings is 1. The van der Waals surface area contributed by atoms with Crippen molar-refractivity contribution < 1.29 is 27.9 Å². The van der Waals surface area contributed by atoms with E-state index in [2.05, 4.69) is 15.6 Å². The van der Waals surface area contributed by atoms with Crippen molar-refractivity contribution in [1.82, 2.24) is 15.4 Å². The van der Waals surface area contributed by atoms with Crippen LogP contribution >= 0.6 is 0 Å². The lowest BCUT2D eigenvalue weighted by Gasteiger charge is -2.28. The van der Waals surface area contributed by atoms with Crippen LogP contribution in [0.15, 0.2) is 30.3 Å². The Labute approximate surface area is 183 Å². The number of rotatable bonds is 5. The van der Waals surface area contributed by atoms with Gasteiger partial charge in [-0.25, -0.2) is 9.37 Å². The van der Waals surface area contributed by atoms with Crippen LogP contribution in [0.3, 0.4) is 0 Å². The average Bonchev–Trinajstić information content (AvgIpc) is 2.79. The Hall–Kier alpha value is -3.37. The SMILES string of the molecule is CCC1Oc2cc(F)c(CN3CC=C(c4ccc(C(=O)NC)nc4F)CO3)cc2NC1=O. The van der Waals surface area contributed by atoms with E-state index in [-0.39, 0.29) is 36.9 Å². The van der Waals surface area contributed by atoms with Gasteiger partial charge in [0.25, 0.3) is 11.8 Å². The minimum atomic E-state index is -0.767. The Morgan fingerprint density at radius 3 is 2.81 bits per heavy atom. The van der Waals surface area contributed by atoms with Crippen LogP contribution in [0.4, 0.5) is 14.5 Å². The normalized spacial score (nSPS) is 18.3. The van der Waals surface area contributed by atoms with E-state index in [1.54, 1.807) is 6.08 Å². The Balaban J connectivity index is 1.46. The number of carbonyl (C=O) groups is 2. The van der Waals surface area contributed by atoms with Gasteiger partial charge in [0.1, 0.15) is 17.3 Å². The van der Waals surface area contributed by atoms with Crippen LogP contribution in [0.1, 0.15) is 35.0 Å². The number of amides is 2. The number of aromatic nitrogens is 1. The van der Waals surface area contributed by atoms with Crippen molar-refractivity contribution in [2.24, 2.45) is 0 Å². The van der Waals surface area contributed by atoms with Gasteiger partial charge in [-0.2, -0.15) is 9.45 Å². The number of nitrogens with one attached hydrogen (secondary N) is 2. The molecule has 0 fully saturated rings. The lowest BCUT2D eigenvalue weighted by Crippen LogP contribution is -2.36. The summed E-state index contributed by atoms with van der Waals surface area (Å²) in [6.45, 7) is 2.27. The number of hydrogen-bond donors (Lipinski definition) is 2. The molecule has 2 aliphatic rings. The highest BCUT2D eigenvalue weighted by Crippen LogP contribution is 2.33. The molecule has 10 heteroatoms. The largest absolute Gasteiger partial charge is 0.478 e. The summed E-state index contributed by atoms with van der Waals surface area (Å²) in [6.07, 6.45) is 1.60. The molecule has 3 heterocycles. The molecule has 1 aromatic carbocycles. The molecule has 1 atom stereocenters. The molecule has 0 saturated heterocycles. The van der Waals surface area contributed by atoms with Crippen molar-refractivity contribution in [3.8, 4) is 5.75 Å². The summed E-state index contributed by atoms with van der Waals surface area (Å²) < 4.78 is 34.5. The summed E-state index contributed by atoms with van der Waals surface area (Å²) in [5, 5.41) is 6.66. The quantitative estimate of drug-likeness (QED) is 0.689. The number of hydrogen-bond acceptors (Lipinski definition) is 6. The second-order valence-corrected chi connectivity index (χ2v) is 7.38. The van der Waals surface area contributed by atoms with Crippen LogP contribution in [0, 0.1) is 11.8 Å². The number of carbonyl (C=O) groups excluding carboxylic acids is 2. The van der Waals surface area contributed by atoms with E-state index in [0.717, 1.165) is 0 Å². The number of nitrogens with zero attached hydrogens (tertiary/aromatic N) is 2. The number of hydroxylamine groups is 2. The van der Waals surface area contributed by atoms with Gasteiger partial charge in [-0.15, -0.1) is 0 Å². The molecule has 1 unspecified atom stereocenters. The van der Waals surface area contributed by atoms with Gasteiger partial charge in [0, 0.05) is 30.8 Å². The van der Waals surface area contributed by atoms with Crippen molar-refractivity contribution >= 4 is 23.1 Å². The summed E-state index contributed by atoms with van der Waals surface area (Å²) in [6, 6.07) is 5.70. The molecule has 0 radical (unpaired) electrons. The first-order chi connectivity index (χ1) is 15.4. The first-order valence-electron chi connectivity index (χ1n) is 10.2. The fourth-order valence-electron chi connectivity index (χ4n) is 3.51. The predicted octanol–water partition coefficient (Wildman–Crippen LogP) is 2.66. The molecule has 2 aromatic rings. The van der Waals surface area contributed by atoms with E-state index in [4.69, 9.17) is 9.57 Å². The Kier molecular flexibility index (Phi) is 6.15. The molecule has 0 spiro atoms. The Morgan fingerprint density at radius 1 is 1.34 bits per heavy atom. The lowest BCUT2D eigenvalue weighted by atomic mass is 10.1. The maximum Gasteiger partial charge on any atom is 0.269 e. The van der Waals surface area contributed by atoms with Gasteiger partial charge in [0.05, 0.1) is 18.8 Å². The highest BCUT2D eigenvalue weighted by atomic mass is 19.1. The average molecular weight is 444 g/mol. The van der Waals surface area contributed by atoms with Crippen molar-refractivity contribution in [1.29, 1.82) is 0 Å². The fourth-order valence-corrected chi connectivity index (χ4v) is 3.51. The molecule has 8 nitrogen and oxygen atoms in total. The summed E-state index contributed by atoms with van der Waals surface area (Å²) in [7, 11) is 1.44. The van der Waals surface area contributed by atoms with Crippen LogP contribution in [0.2, 0.25) is 0 Å². The Bertz CT molecular complexity index is 1110. The number of fused-ring (bicyclic) bond motifs is 1. The summed E-state index contributed by atoms with van der Waals surface area (Å²) in [5.41, 5.74) is 1.53. The van der Waals surface area contributed by atoms with Crippen LogP contribution in [0.25, 0.3) is 5.57 Å². The zero-order chi connectivity index (χ0) is 22.8. The fraction of sp³-hybridized carbons (Fsp3) is 0.318. The second kappa shape index (κ2) is 9.01. The van der Waals surface area contributed by atoms with Gasteiger partial charge >= 0.3 is 0 Å². The summed E-state index contributed by atoms with van der Waals surface area (Å²) in [5.74, 6) is -1.70. The van der Waals surface area contributed by atoms with Crippen molar-refractivity contribution in [3.05, 3.63) is 58.9 Å². The maximum atomic E-state index is 14.6. The minimum absolute atomic E-state index is 0.0167. The molecule has 168 valence electrons. The van der Waals surface area contributed by atoms with Crippen molar-refractivity contribution in [3.63, 3.8) is 0 Å². The molecule has 1 aromatic heterocycles. The third kappa shape index (κ3) is 4.32. The smallest absolute Gasteiger partial charge is 0.269 e. The van der Waals surface area contributed by atoms with Crippen LogP contribution in [0.5, 0.6) is 5.75 Å². The van der Waals surface area contributed by atoms with E-state index in [1.165, 1.54) is 36.4 Å². The van der Waals surface area contributed by atoms with Gasteiger partial charge in [-0.3, -0.25) is 14.4 Å². The summed E-state index contributed by atoms with van der Waals surface area (Å²) in [4.78, 5) is 33.0. The van der Waals surface area contributed by atoms with E-state index >= 15 is 0 Å². The monoisotopic (exact) mass is 444 g/mol. The molecule has 0 aliphatic carbocycles. The Morgan fingerprint density at radius 2 is 2.16 bits per heavy atom. The lowest BCUT2D eigenvalue weighted by molar-refractivity contribution is -0.151. The molecule has 4 rings (SSSR count). The van der Waals surface area contributed by atoms with Gasteiger partial charge < -0.3 is 15.4 Å². The summed E-state index contributed by atoms with van der Waals surface area (Å²) >= 11 is 0. The number of anilines is 1. The standard InChI is InChI=1S/C22H22F2N4O4/c1-3-18-22(30)27-17-8-13(15(23)9-19(17)32-18)10-28-7-6-12(11-31-28)14-4-5-16(21(29)25-2)26-20(14)24/h4-6,8-9,18H,3,7,10-11H2,1-2H3,(H,25,29)(H,27,30). The third-order valence-corrected chi connectivity index (χ3v) is 5.28. The van der Waals surface area contributed by atoms with Gasteiger partial charge in [0.2, 0.25) is 5.95 Å². The van der Waals surface area contributed by atoms with Crippen LogP contribution in [-0.4, -0.2) is 48.2 Å². The molecule has 0 saturated carbocycles. The highest BCUT2D eigenvalue weighted by Gasteiger charge is 2.28. The van der Waals surface area contributed by atoms with E-state index in [1.807, 2.05) is 6.92 Å². The van der Waals surface area contributed by atoms with Crippen molar-refractivity contribution in [2.45, 2.75) is 26.0 Å². The van der Waals surface area contributed by atoms with E-state index in [0.29, 0.717) is 29.0 Å².